The van der Waals surface area contributed by atoms with Crippen molar-refractivity contribution in [3.63, 3.8) is 0 Å². The van der Waals surface area contributed by atoms with E-state index in [9.17, 15) is 28.7 Å². The van der Waals surface area contributed by atoms with E-state index in [-0.39, 0.29) is 30.6 Å². The predicted molar refractivity (Wildman–Crippen MR) is 150 cm³/mol. The third-order valence-corrected chi connectivity index (χ3v) is 7.32. The highest BCUT2D eigenvalue weighted by molar-refractivity contribution is 6.35. The van der Waals surface area contributed by atoms with Gasteiger partial charge in [0.2, 0.25) is 0 Å². The zero-order valence-electron chi connectivity index (χ0n) is 23.5. The van der Waals surface area contributed by atoms with Crippen molar-refractivity contribution in [2.75, 3.05) is 51.3 Å². The topological polar surface area (TPSA) is 172 Å². The molecule has 13 heteroatoms. The fraction of sp³-hybridized carbons (Fsp3) is 0.448. The Hall–Kier alpha value is -3.91. The molecule has 0 bridgehead atoms. The number of carboxylic acid groups (broad SMARTS) is 1. The summed E-state index contributed by atoms with van der Waals surface area (Å²) >= 11 is 0. The van der Waals surface area contributed by atoms with Crippen LogP contribution in [0.4, 0.5) is 10.1 Å². The van der Waals surface area contributed by atoms with Gasteiger partial charge in [0.25, 0.3) is 11.8 Å². The number of hydrogen-bond donors (Lipinski definition) is 5. The van der Waals surface area contributed by atoms with Gasteiger partial charge in [0.15, 0.2) is 6.10 Å². The number of aromatic amines is 1. The molecule has 2 aromatic rings. The van der Waals surface area contributed by atoms with Crippen LogP contribution in [0.15, 0.2) is 18.2 Å². The fourth-order valence-corrected chi connectivity index (χ4v) is 5.18. The largest absolute Gasteiger partial charge is 0.479 e. The lowest BCUT2D eigenvalue weighted by Gasteiger charge is -2.32. The second-order valence-corrected chi connectivity index (χ2v) is 10.5. The standard InChI is InChI=1S/C24H27FN4O4.C5H8O4/c1-14-21(11-18-17-10-15(25)2-3-19(17)27-23(18)31)26-20-4-5-29(24(32)22(14)20)13-16(30)12-28-6-8-33-9-7-28;1-3(6)2-4(7)5(8)9/h2-3,10-11,16,26,30H,4-9,12-13H2,1H3,(H,27,31);4,7H,2H2,1H3,(H,8,9)/b18-11-;. The minimum Gasteiger partial charge on any atom is -0.479 e. The summed E-state index contributed by atoms with van der Waals surface area (Å²) < 4.78 is 19.1. The lowest BCUT2D eigenvalue weighted by atomic mass is 10.0. The van der Waals surface area contributed by atoms with Crippen molar-refractivity contribution in [3.8, 4) is 0 Å². The van der Waals surface area contributed by atoms with Gasteiger partial charge in [-0.2, -0.15) is 0 Å². The van der Waals surface area contributed by atoms with Gasteiger partial charge in [-0.1, -0.05) is 0 Å². The van der Waals surface area contributed by atoms with Crippen molar-refractivity contribution in [2.24, 2.45) is 0 Å². The number of benzene rings is 1. The van der Waals surface area contributed by atoms with Crippen LogP contribution in [0.25, 0.3) is 11.6 Å². The Bertz CT molecular complexity index is 1400. The van der Waals surface area contributed by atoms with Crippen molar-refractivity contribution in [3.05, 3.63) is 52.1 Å². The number of H-pyrrole nitrogens is 1. The molecule has 5 N–H and O–H groups in total. The molecule has 2 unspecified atom stereocenters. The Kier molecular flexibility index (Phi) is 9.89. The molecule has 5 rings (SSSR count). The molecule has 12 nitrogen and oxygen atoms in total. The number of ketones is 1. The molecule has 2 amide bonds. The zero-order valence-corrected chi connectivity index (χ0v) is 23.5. The number of aromatic nitrogens is 1. The molecular weight excluding hydrogens is 551 g/mol. The van der Waals surface area contributed by atoms with Crippen LogP contribution >= 0.6 is 0 Å². The number of halogens is 1. The van der Waals surface area contributed by atoms with Gasteiger partial charge in [-0.3, -0.25) is 19.3 Å². The van der Waals surface area contributed by atoms with Gasteiger partial charge in [-0.05, 0) is 43.7 Å². The monoisotopic (exact) mass is 586 g/mol. The summed E-state index contributed by atoms with van der Waals surface area (Å²) in [6.45, 7) is 7.24. The molecular formula is C29H35FN4O8. The normalized spacial score (nSPS) is 19.0. The summed E-state index contributed by atoms with van der Waals surface area (Å²) in [7, 11) is 0. The molecule has 3 aliphatic rings. The Balaban J connectivity index is 0.000000392. The number of anilines is 1. The minimum atomic E-state index is -1.54. The number of ether oxygens (including phenoxy) is 1. The number of amides is 2. The van der Waals surface area contributed by atoms with Crippen LogP contribution in [0, 0.1) is 12.7 Å². The van der Waals surface area contributed by atoms with Crippen LogP contribution in [-0.2, 0) is 25.5 Å². The number of aliphatic hydroxyl groups is 2. The van der Waals surface area contributed by atoms with E-state index in [4.69, 9.17) is 14.9 Å². The first-order valence-corrected chi connectivity index (χ1v) is 13.7. The summed E-state index contributed by atoms with van der Waals surface area (Å²) in [6.07, 6.45) is -0.174. The smallest absolute Gasteiger partial charge is 0.332 e. The number of aliphatic carboxylic acids is 1. The summed E-state index contributed by atoms with van der Waals surface area (Å²) in [6, 6.07) is 4.18. The summed E-state index contributed by atoms with van der Waals surface area (Å²) in [5, 5.41) is 29.8. The van der Waals surface area contributed by atoms with Crippen LogP contribution < -0.4 is 5.32 Å². The number of nitrogens with zero attached hydrogens (tertiary/aromatic N) is 2. The van der Waals surface area contributed by atoms with Gasteiger partial charge in [0.05, 0.1) is 30.5 Å². The number of carboxylic acids is 1. The maximum absolute atomic E-state index is 13.8. The van der Waals surface area contributed by atoms with E-state index in [1.807, 2.05) is 6.92 Å². The van der Waals surface area contributed by atoms with Gasteiger partial charge in [-0.25, -0.2) is 9.18 Å². The van der Waals surface area contributed by atoms with Crippen molar-refractivity contribution in [2.45, 2.75) is 38.9 Å². The number of Topliss-reactive ketones (excluding diaryl/α,β-unsaturated/α-hetero) is 1. The Morgan fingerprint density at radius 1 is 1.14 bits per heavy atom. The second kappa shape index (κ2) is 13.4. The molecule has 0 spiro atoms. The number of nitrogens with one attached hydrogen (secondary N) is 2. The Labute approximate surface area is 241 Å². The van der Waals surface area contributed by atoms with Crippen molar-refractivity contribution >= 4 is 40.9 Å². The van der Waals surface area contributed by atoms with Gasteiger partial charge < -0.3 is 35.3 Å². The van der Waals surface area contributed by atoms with Crippen LogP contribution in [-0.4, -0.2) is 112 Å². The number of morpholine rings is 1. The Morgan fingerprint density at radius 3 is 2.50 bits per heavy atom. The molecule has 1 fully saturated rings. The van der Waals surface area contributed by atoms with Crippen molar-refractivity contribution < 1.29 is 43.6 Å². The van der Waals surface area contributed by atoms with Crippen LogP contribution in [0.5, 0.6) is 0 Å². The molecule has 1 aromatic carbocycles. The third-order valence-electron chi connectivity index (χ3n) is 7.32. The van der Waals surface area contributed by atoms with Crippen LogP contribution in [0.1, 0.15) is 46.2 Å². The minimum absolute atomic E-state index is 0.127. The average molecular weight is 587 g/mol. The van der Waals surface area contributed by atoms with Gasteiger partial charge in [-0.15, -0.1) is 0 Å². The van der Waals surface area contributed by atoms with E-state index in [2.05, 4.69) is 15.2 Å². The van der Waals surface area contributed by atoms with E-state index >= 15 is 0 Å². The fourth-order valence-electron chi connectivity index (χ4n) is 5.18. The van der Waals surface area contributed by atoms with E-state index in [0.717, 1.165) is 24.3 Å². The third kappa shape index (κ3) is 7.29. The van der Waals surface area contributed by atoms with Gasteiger partial charge >= 0.3 is 5.97 Å². The molecule has 226 valence electrons. The number of β-amino-alcohol motifs (C(OH)–C–C–N with tert-alkyl or cyclic N) is 1. The first-order valence-electron chi connectivity index (χ1n) is 13.7. The molecule has 0 radical (unpaired) electrons. The molecule has 0 aliphatic carbocycles. The average Bonchev–Trinajstić information content (AvgIpc) is 3.42. The van der Waals surface area contributed by atoms with E-state index < -0.39 is 24.0 Å². The lowest BCUT2D eigenvalue weighted by molar-refractivity contribution is -0.148. The van der Waals surface area contributed by atoms with Crippen molar-refractivity contribution in [1.29, 1.82) is 0 Å². The van der Waals surface area contributed by atoms with E-state index in [0.29, 0.717) is 60.8 Å². The van der Waals surface area contributed by atoms with E-state index in [1.165, 1.54) is 19.1 Å². The molecule has 42 heavy (non-hydrogen) atoms. The number of rotatable bonds is 8. The number of carbonyl (C=O) groups excluding carboxylic acids is 3. The second-order valence-electron chi connectivity index (χ2n) is 10.5. The lowest BCUT2D eigenvalue weighted by Crippen LogP contribution is -2.47. The summed E-state index contributed by atoms with van der Waals surface area (Å²) in [5.74, 6) is -2.53. The first kappa shape index (κ1) is 31.0. The number of hydrogen-bond acceptors (Lipinski definition) is 8. The molecule has 2 atom stereocenters. The molecule has 3 aliphatic heterocycles. The number of aliphatic hydroxyl groups excluding tert-OH is 2. The maximum Gasteiger partial charge on any atom is 0.332 e. The quantitative estimate of drug-likeness (QED) is 0.284. The highest BCUT2D eigenvalue weighted by atomic mass is 19.1. The van der Waals surface area contributed by atoms with Gasteiger partial charge in [0.1, 0.15) is 11.6 Å². The summed E-state index contributed by atoms with van der Waals surface area (Å²) in [4.78, 5) is 52.8. The van der Waals surface area contributed by atoms with Crippen LogP contribution in [0.2, 0.25) is 0 Å². The Morgan fingerprint density at radius 2 is 1.86 bits per heavy atom. The molecule has 4 heterocycles. The first-order chi connectivity index (χ1) is 19.9. The molecule has 1 aromatic heterocycles. The SMILES string of the molecule is CC(=O)CC(O)C(=O)O.Cc1c(/C=C2\C(=O)Nc3ccc(F)cc32)[nH]c2c1C(=O)N(CC(O)CN1CCOCC1)CC2. The number of carbonyl (C=O) groups is 4. The highest BCUT2D eigenvalue weighted by Gasteiger charge is 2.32. The summed E-state index contributed by atoms with van der Waals surface area (Å²) in [5.41, 5.74) is 4.24. The van der Waals surface area contributed by atoms with E-state index in [1.54, 1.807) is 17.0 Å². The maximum atomic E-state index is 13.8. The van der Waals surface area contributed by atoms with Gasteiger partial charge in [0, 0.05) is 68.2 Å². The number of fused-ring (bicyclic) bond motifs is 2. The predicted octanol–water partition coefficient (Wildman–Crippen LogP) is 1.06. The molecule has 0 saturated carbocycles. The van der Waals surface area contributed by atoms with Crippen molar-refractivity contribution in [1.82, 2.24) is 14.8 Å². The zero-order chi connectivity index (χ0) is 30.6. The molecule has 1 saturated heterocycles. The van der Waals surface area contributed by atoms with Crippen LogP contribution in [0.3, 0.4) is 0 Å². The highest BCUT2D eigenvalue weighted by Crippen LogP contribution is 2.35.